The average Bonchev–Trinajstić information content (AvgIpc) is 2.79. The average molecular weight is 277 g/mol. The molecule has 0 spiro atoms. The van der Waals surface area contributed by atoms with Crippen molar-refractivity contribution in [3.05, 3.63) is 58.9 Å². The summed E-state index contributed by atoms with van der Waals surface area (Å²) in [6.07, 6.45) is 1.04. The fourth-order valence-corrected chi connectivity index (χ4v) is 1.93. The van der Waals surface area contributed by atoms with Crippen LogP contribution >= 0.6 is 0 Å². The van der Waals surface area contributed by atoms with Crippen molar-refractivity contribution in [3.63, 3.8) is 0 Å². The summed E-state index contributed by atoms with van der Waals surface area (Å²) in [5.41, 5.74) is 0.521. The van der Waals surface area contributed by atoms with Crippen LogP contribution < -0.4 is 0 Å². The molecule has 0 fully saturated rings. The Balaban J connectivity index is 2.30. The van der Waals surface area contributed by atoms with E-state index in [4.69, 9.17) is 0 Å². The predicted molar refractivity (Wildman–Crippen MR) is 66.0 cm³/mol. The topological polar surface area (TPSA) is 46.7 Å². The molecule has 3 rings (SSSR count). The van der Waals surface area contributed by atoms with Crippen molar-refractivity contribution in [3.8, 4) is 11.3 Å². The van der Waals surface area contributed by atoms with Crippen LogP contribution in [0.25, 0.3) is 16.9 Å². The second kappa shape index (κ2) is 4.44. The predicted octanol–water partition coefficient (Wildman–Crippen LogP) is 3.82. The van der Waals surface area contributed by atoms with E-state index in [-0.39, 0.29) is 22.7 Å². The van der Waals surface area contributed by atoms with Gasteiger partial charge in [0.1, 0.15) is 17.2 Å². The highest BCUT2D eigenvalue weighted by Gasteiger charge is 2.16. The Bertz CT molecular complexity index is 829. The Morgan fingerprint density at radius 1 is 1.05 bits per heavy atom. The Labute approximate surface area is 110 Å². The van der Waals surface area contributed by atoms with Crippen molar-refractivity contribution < 1.29 is 13.2 Å². The summed E-state index contributed by atoms with van der Waals surface area (Å²) >= 11 is 0. The highest BCUT2D eigenvalue weighted by Crippen LogP contribution is 2.31. The number of halogens is 3. The summed E-state index contributed by atoms with van der Waals surface area (Å²) < 4.78 is 40.5. The van der Waals surface area contributed by atoms with E-state index in [0.29, 0.717) is 0 Å². The smallest absolute Gasteiger partial charge is 0.209 e. The Morgan fingerprint density at radius 3 is 2.55 bits per heavy atom. The molecule has 1 aromatic carbocycles. The van der Waals surface area contributed by atoms with Crippen molar-refractivity contribution in [2.45, 2.75) is 0 Å². The van der Waals surface area contributed by atoms with E-state index >= 15 is 0 Å². The van der Waals surface area contributed by atoms with Gasteiger partial charge in [0.15, 0.2) is 11.6 Å². The van der Waals surface area contributed by atoms with E-state index in [1.807, 2.05) is 0 Å². The van der Waals surface area contributed by atoms with Gasteiger partial charge in [-0.15, -0.1) is 4.91 Å². The first-order valence-electron chi connectivity index (χ1n) is 5.56. The molecule has 0 radical (unpaired) electrons. The molecule has 0 atom stereocenters. The number of nitroso groups, excluding NO2 is 1. The zero-order chi connectivity index (χ0) is 14.3. The van der Waals surface area contributed by atoms with Crippen molar-refractivity contribution in [1.82, 2.24) is 9.38 Å². The standard InChI is InChI=1S/C13H6F3N3O/c14-8-2-4-11-17-12(13(18-20)19(11)6-8)7-1-3-9(15)10(16)5-7/h1-6H. The summed E-state index contributed by atoms with van der Waals surface area (Å²) in [5.74, 6) is -2.83. The highest BCUT2D eigenvalue weighted by molar-refractivity contribution is 5.74. The molecule has 7 heteroatoms. The minimum absolute atomic E-state index is 0.0597. The quantitative estimate of drug-likeness (QED) is 0.668. The molecule has 2 heterocycles. The van der Waals surface area contributed by atoms with E-state index in [9.17, 15) is 18.1 Å². The van der Waals surface area contributed by atoms with E-state index in [2.05, 4.69) is 10.2 Å². The zero-order valence-corrected chi connectivity index (χ0v) is 9.85. The van der Waals surface area contributed by atoms with Crippen LogP contribution in [0, 0.1) is 22.4 Å². The number of hydrogen-bond acceptors (Lipinski definition) is 3. The van der Waals surface area contributed by atoms with Crippen LogP contribution in [-0.4, -0.2) is 9.38 Å². The molecule has 3 aromatic rings. The molecule has 100 valence electrons. The number of fused-ring (bicyclic) bond motifs is 1. The highest BCUT2D eigenvalue weighted by atomic mass is 19.2. The van der Waals surface area contributed by atoms with Gasteiger partial charge in [0.25, 0.3) is 0 Å². The van der Waals surface area contributed by atoms with E-state index in [1.165, 1.54) is 18.2 Å². The third kappa shape index (κ3) is 1.83. The lowest BCUT2D eigenvalue weighted by atomic mass is 10.1. The summed E-state index contributed by atoms with van der Waals surface area (Å²) in [7, 11) is 0. The van der Waals surface area contributed by atoms with Gasteiger partial charge in [-0.2, -0.15) is 0 Å². The van der Waals surface area contributed by atoms with Gasteiger partial charge in [0.05, 0.1) is 0 Å². The fraction of sp³-hybridized carbons (Fsp3) is 0. The van der Waals surface area contributed by atoms with Gasteiger partial charge in [-0.1, -0.05) is 0 Å². The van der Waals surface area contributed by atoms with Gasteiger partial charge < -0.3 is 0 Å². The van der Waals surface area contributed by atoms with E-state index < -0.39 is 17.5 Å². The number of pyridine rings is 1. The molecule has 0 aliphatic heterocycles. The van der Waals surface area contributed by atoms with Gasteiger partial charge in [-0.05, 0) is 35.5 Å². The normalized spacial score (nSPS) is 10.9. The molecule has 0 bridgehead atoms. The lowest BCUT2D eigenvalue weighted by Gasteiger charge is -1.99. The molecule has 0 N–H and O–H groups in total. The molecule has 0 aliphatic rings. The minimum atomic E-state index is -1.07. The van der Waals surface area contributed by atoms with Crippen LogP contribution in [0.4, 0.5) is 19.0 Å². The lowest BCUT2D eigenvalue weighted by Crippen LogP contribution is -1.86. The third-order valence-electron chi connectivity index (χ3n) is 2.84. The first-order chi connectivity index (χ1) is 9.60. The number of aromatic nitrogens is 2. The third-order valence-corrected chi connectivity index (χ3v) is 2.84. The molecular weight excluding hydrogens is 271 g/mol. The second-order valence-electron chi connectivity index (χ2n) is 4.08. The first-order valence-corrected chi connectivity index (χ1v) is 5.56. The van der Waals surface area contributed by atoms with Crippen LogP contribution in [0.5, 0.6) is 0 Å². The number of hydrogen-bond donors (Lipinski definition) is 0. The molecule has 20 heavy (non-hydrogen) atoms. The number of benzene rings is 1. The van der Waals surface area contributed by atoms with Crippen molar-refractivity contribution in [2.75, 3.05) is 0 Å². The van der Waals surface area contributed by atoms with E-state index in [0.717, 1.165) is 22.7 Å². The molecule has 0 amide bonds. The maximum atomic E-state index is 13.2. The minimum Gasteiger partial charge on any atom is -0.278 e. The maximum Gasteiger partial charge on any atom is 0.209 e. The number of rotatable bonds is 2. The van der Waals surface area contributed by atoms with Gasteiger partial charge in [-0.3, -0.25) is 4.40 Å². The monoisotopic (exact) mass is 277 g/mol. The number of imidazole rings is 1. The fourth-order valence-electron chi connectivity index (χ4n) is 1.93. The van der Waals surface area contributed by atoms with E-state index in [1.54, 1.807) is 0 Å². The van der Waals surface area contributed by atoms with Gasteiger partial charge >= 0.3 is 0 Å². The molecule has 4 nitrogen and oxygen atoms in total. The molecule has 0 saturated heterocycles. The SMILES string of the molecule is O=Nc1c(-c2ccc(F)c(F)c2)nc2ccc(F)cn12. The van der Waals surface area contributed by atoms with Gasteiger partial charge in [-0.25, -0.2) is 18.2 Å². The van der Waals surface area contributed by atoms with Crippen LogP contribution in [0.3, 0.4) is 0 Å². The molecule has 0 unspecified atom stereocenters. The van der Waals surface area contributed by atoms with Crippen molar-refractivity contribution in [2.24, 2.45) is 5.18 Å². The largest absolute Gasteiger partial charge is 0.278 e. The summed E-state index contributed by atoms with van der Waals surface area (Å²) in [6.45, 7) is 0. The van der Waals surface area contributed by atoms with Crippen molar-refractivity contribution in [1.29, 1.82) is 0 Å². The van der Waals surface area contributed by atoms with Gasteiger partial charge in [0.2, 0.25) is 5.82 Å². The summed E-state index contributed by atoms with van der Waals surface area (Å²) in [4.78, 5) is 15.0. The number of nitrogens with zero attached hydrogens (tertiary/aromatic N) is 3. The zero-order valence-electron chi connectivity index (χ0n) is 9.85. The first kappa shape index (κ1) is 12.3. The molecular formula is C13H6F3N3O. The van der Waals surface area contributed by atoms with Crippen LogP contribution in [0.2, 0.25) is 0 Å². The van der Waals surface area contributed by atoms with Crippen LogP contribution in [-0.2, 0) is 0 Å². The van der Waals surface area contributed by atoms with Crippen LogP contribution in [0.15, 0.2) is 41.7 Å². The maximum absolute atomic E-state index is 13.2. The Morgan fingerprint density at radius 2 is 1.85 bits per heavy atom. The molecule has 0 aliphatic carbocycles. The Hall–Kier alpha value is -2.70. The van der Waals surface area contributed by atoms with Crippen molar-refractivity contribution >= 4 is 11.5 Å². The summed E-state index contributed by atoms with van der Waals surface area (Å²) in [5, 5.41) is 2.80. The Kier molecular flexibility index (Phi) is 2.74. The molecule has 2 aromatic heterocycles. The lowest BCUT2D eigenvalue weighted by molar-refractivity contribution is 0.509. The summed E-state index contributed by atoms with van der Waals surface area (Å²) in [6, 6.07) is 5.62. The molecule has 0 saturated carbocycles. The van der Waals surface area contributed by atoms with Crippen LogP contribution in [0.1, 0.15) is 0 Å². The van der Waals surface area contributed by atoms with Gasteiger partial charge in [0, 0.05) is 11.8 Å². The second-order valence-corrected chi connectivity index (χ2v) is 4.08.